The van der Waals surface area contributed by atoms with Crippen molar-refractivity contribution < 1.29 is 18.0 Å². The lowest BCUT2D eigenvalue weighted by Gasteiger charge is -2.08. The van der Waals surface area contributed by atoms with E-state index < -0.39 is 11.7 Å². The van der Waals surface area contributed by atoms with Gasteiger partial charge in [0.1, 0.15) is 0 Å². The predicted molar refractivity (Wildman–Crippen MR) is 73.4 cm³/mol. The molecule has 110 valence electrons. The molecule has 20 heavy (non-hydrogen) atoms. The molecule has 0 bridgehead atoms. The molecule has 0 saturated heterocycles. The SMILES string of the molecule is CCCCNC(=O)/C=C/c1cc(C(F)(F)F)ccc1Cl. The molecule has 0 heterocycles. The van der Waals surface area contributed by atoms with Gasteiger partial charge >= 0.3 is 6.18 Å². The summed E-state index contributed by atoms with van der Waals surface area (Å²) in [6, 6.07) is 2.98. The smallest absolute Gasteiger partial charge is 0.353 e. The van der Waals surface area contributed by atoms with E-state index in [0.29, 0.717) is 6.54 Å². The predicted octanol–water partition coefficient (Wildman–Crippen LogP) is 4.29. The molecule has 1 amide bonds. The van der Waals surface area contributed by atoms with Gasteiger partial charge in [0.25, 0.3) is 0 Å². The van der Waals surface area contributed by atoms with Gasteiger partial charge in [0.15, 0.2) is 0 Å². The van der Waals surface area contributed by atoms with Gasteiger partial charge in [-0.15, -0.1) is 0 Å². The summed E-state index contributed by atoms with van der Waals surface area (Å²) in [5.74, 6) is -0.355. The molecule has 2 nitrogen and oxygen atoms in total. The van der Waals surface area contributed by atoms with E-state index in [0.717, 1.165) is 25.0 Å². The minimum Gasteiger partial charge on any atom is -0.353 e. The van der Waals surface area contributed by atoms with Gasteiger partial charge in [-0.3, -0.25) is 4.79 Å². The van der Waals surface area contributed by atoms with Crippen LogP contribution in [0.1, 0.15) is 30.9 Å². The van der Waals surface area contributed by atoms with E-state index in [1.807, 2.05) is 6.92 Å². The van der Waals surface area contributed by atoms with E-state index in [-0.39, 0.29) is 16.5 Å². The van der Waals surface area contributed by atoms with Crippen LogP contribution in [0, 0.1) is 0 Å². The van der Waals surface area contributed by atoms with Crippen LogP contribution in [0.4, 0.5) is 13.2 Å². The lowest BCUT2D eigenvalue weighted by Crippen LogP contribution is -2.21. The summed E-state index contributed by atoms with van der Waals surface area (Å²) in [5.41, 5.74) is -0.639. The van der Waals surface area contributed by atoms with Crippen molar-refractivity contribution >= 4 is 23.6 Å². The molecule has 1 aromatic rings. The highest BCUT2D eigenvalue weighted by atomic mass is 35.5. The number of unbranched alkanes of at least 4 members (excludes halogenated alkanes) is 1. The van der Waals surface area contributed by atoms with Crippen molar-refractivity contribution in [3.05, 3.63) is 40.4 Å². The second kappa shape index (κ2) is 7.33. The van der Waals surface area contributed by atoms with Crippen LogP contribution in [-0.2, 0) is 11.0 Å². The summed E-state index contributed by atoms with van der Waals surface area (Å²) in [4.78, 5) is 11.4. The average Bonchev–Trinajstić information content (AvgIpc) is 2.36. The quantitative estimate of drug-likeness (QED) is 0.638. The zero-order valence-electron chi connectivity index (χ0n) is 10.9. The molecule has 0 aliphatic rings. The Labute approximate surface area is 120 Å². The van der Waals surface area contributed by atoms with Crippen molar-refractivity contribution in [2.45, 2.75) is 25.9 Å². The van der Waals surface area contributed by atoms with Crippen LogP contribution in [-0.4, -0.2) is 12.5 Å². The Morgan fingerprint density at radius 2 is 2.10 bits per heavy atom. The molecule has 0 spiro atoms. The van der Waals surface area contributed by atoms with Crippen LogP contribution in [0.15, 0.2) is 24.3 Å². The molecular formula is C14H15ClF3NO. The zero-order chi connectivity index (χ0) is 15.2. The van der Waals surface area contributed by atoms with E-state index in [1.165, 1.54) is 18.2 Å². The van der Waals surface area contributed by atoms with Gasteiger partial charge in [0, 0.05) is 17.6 Å². The van der Waals surface area contributed by atoms with E-state index in [2.05, 4.69) is 5.32 Å². The second-order valence-corrected chi connectivity index (χ2v) is 4.62. The molecule has 0 aliphatic carbocycles. The van der Waals surface area contributed by atoms with Gasteiger partial charge in [0.2, 0.25) is 5.91 Å². The average molecular weight is 306 g/mol. The van der Waals surface area contributed by atoms with Crippen LogP contribution >= 0.6 is 11.6 Å². The minimum atomic E-state index is -4.43. The highest BCUT2D eigenvalue weighted by Gasteiger charge is 2.30. The number of nitrogens with one attached hydrogen (secondary N) is 1. The van der Waals surface area contributed by atoms with Crippen LogP contribution in [0.2, 0.25) is 5.02 Å². The van der Waals surface area contributed by atoms with Crippen molar-refractivity contribution in [2.24, 2.45) is 0 Å². The lowest BCUT2D eigenvalue weighted by atomic mass is 10.1. The highest BCUT2D eigenvalue weighted by molar-refractivity contribution is 6.32. The van der Waals surface area contributed by atoms with Gasteiger partial charge in [-0.05, 0) is 36.3 Å². The van der Waals surface area contributed by atoms with Gasteiger partial charge in [-0.2, -0.15) is 13.2 Å². The topological polar surface area (TPSA) is 29.1 Å². The third-order valence-electron chi connectivity index (χ3n) is 2.57. The Bertz CT molecular complexity index is 498. The number of hydrogen-bond donors (Lipinski definition) is 1. The Morgan fingerprint density at radius 1 is 1.40 bits per heavy atom. The van der Waals surface area contributed by atoms with E-state index in [4.69, 9.17) is 11.6 Å². The Morgan fingerprint density at radius 3 is 2.70 bits per heavy atom. The number of rotatable bonds is 5. The largest absolute Gasteiger partial charge is 0.416 e. The molecular weight excluding hydrogens is 291 g/mol. The standard InChI is InChI=1S/C14H15ClF3NO/c1-2-3-8-19-13(20)7-4-10-9-11(14(16,17)18)5-6-12(10)15/h4-7,9H,2-3,8H2,1H3,(H,19,20)/b7-4+. The van der Waals surface area contributed by atoms with Gasteiger partial charge in [-0.25, -0.2) is 0 Å². The fourth-order valence-electron chi connectivity index (χ4n) is 1.46. The van der Waals surface area contributed by atoms with Crippen LogP contribution in [0.25, 0.3) is 6.08 Å². The first-order chi connectivity index (χ1) is 9.34. The fraction of sp³-hybridized carbons (Fsp3) is 0.357. The van der Waals surface area contributed by atoms with Crippen molar-refractivity contribution in [2.75, 3.05) is 6.54 Å². The molecule has 0 unspecified atom stereocenters. The first-order valence-corrected chi connectivity index (χ1v) is 6.55. The van der Waals surface area contributed by atoms with E-state index in [9.17, 15) is 18.0 Å². The van der Waals surface area contributed by atoms with Crippen molar-refractivity contribution in [1.29, 1.82) is 0 Å². The Balaban J connectivity index is 2.78. The van der Waals surface area contributed by atoms with E-state index in [1.54, 1.807) is 0 Å². The number of halogens is 4. The van der Waals surface area contributed by atoms with Crippen molar-refractivity contribution in [1.82, 2.24) is 5.32 Å². The molecule has 1 N–H and O–H groups in total. The summed E-state index contributed by atoms with van der Waals surface area (Å²) in [5, 5.41) is 2.79. The summed E-state index contributed by atoms with van der Waals surface area (Å²) in [6.07, 6.45) is -0.181. The minimum absolute atomic E-state index is 0.159. The maximum atomic E-state index is 12.6. The van der Waals surface area contributed by atoms with Gasteiger partial charge in [0.05, 0.1) is 5.56 Å². The van der Waals surface area contributed by atoms with Gasteiger partial charge < -0.3 is 5.32 Å². The molecule has 0 saturated carbocycles. The lowest BCUT2D eigenvalue weighted by molar-refractivity contribution is -0.137. The number of alkyl halides is 3. The molecule has 0 aromatic heterocycles. The molecule has 0 aliphatic heterocycles. The van der Waals surface area contributed by atoms with Crippen molar-refractivity contribution in [3.8, 4) is 0 Å². The summed E-state index contributed by atoms with van der Waals surface area (Å²) in [7, 11) is 0. The Kier molecular flexibility index (Phi) is 6.07. The van der Waals surface area contributed by atoms with Gasteiger partial charge in [-0.1, -0.05) is 24.9 Å². The van der Waals surface area contributed by atoms with Crippen molar-refractivity contribution in [3.63, 3.8) is 0 Å². The fourth-order valence-corrected chi connectivity index (χ4v) is 1.64. The third-order valence-corrected chi connectivity index (χ3v) is 2.91. The third kappa shape index (κ3) is 5.25. The normalized spacial score (nSPS) is 11.8. The highest BCUT2D eigenvalue weighted by Crippen LogP contribution is 2.32. The summed E-state index contributed by atoms with van der Waals surface area (Å²) >= 11 is 5.81. The molecule has 1 rings (SSSR count). The summed E-state index contributed by atoms with van der Waals surface area (Å²) < 4.78 is 37.7. The first kappa shape index (κ1) is 16.6. The van der Waals surface area contributed by atoms with E-state index >= 15 is 0 Å². The summed E-state index contributed by atoms with van der Waals surface area (Å²) in [6.45, 7) is 2.53. The monoisotopic (exact) mass is 305 g/mol. The molecule has 0 radical (unpaired) electrons. The number of carbonyl (C=O) groups excluding carboxylic acids is 1. The maximum absolute atomic E-state index is 12.6. The molecule has 6 heteroatoms. The van der Waals surface area contributed by atoms with Crippen LogP contribution in [0.3, 0.4) is 0 Å². The second-order valence-electron chi connectivity index (χ2n) is 4.21. The molecule has 1 aromatic carbocycles. The van der Waals surface area contributed by atoms with Crippen LogP contribution < -0.4 is 5.32 Å². The number of hydrogen-bond acceptors (Lipinski definition) is 1. The Hall–Kier alpha value is -1.49. The molecule has 0 fully saturated rings. The molecule has 0 atom stereocenters. The number of amides is 1. The maximum Gasteiger partial charge on any atom is 0.416 e. The number of benzene rings is 1. The number of carbonyl (C=O) groups is 1. The zero-order valence-corrected chi connectivity index (χ0v) is 11.7. The van der Waals surface area contributed by atoms with Crippen LogP contribution in [0.5, 0.6) is 0 Å². The first-order valence-electron chi connectivity index (χ1n) is 6.17.